The number of rotatable bonds is 20. The topological polar surface area (TPSA) is 529 Å². The molecule has 0 radical (unpaired) electrons. The molecule has 0 bridgehead atoms. The van der Waals surface area contributed by atoms with Gasteiger partial charge in [-0.2, -0.15) is 0 Å². The fourth-order valence-electron chi connectivity index (χ4n) is 2.86. The van der Waals surface area contributed by atoms with E-state index in [9.17, 15) is 57.5 Å². The van der Waals surface area contributed by atoms with Crippen molar-refractivity contribution >= 4 is 751 Å². The van der Waals surface area contributed by atoms with Gasteiger partial charge in [0.1, 0.15) is 0 Å². The van der Waals surface area contributed by atoms with Crippen molar-refractivity contribution in [3.63, 3.8) is 0 Å². The van der Waals surface area contributed by atoms with E-state index in [2.05, 4.69) is 0 Å². The molecule has 28 nitrogen and oxygen atoms in total. The third-order valence-electron chi connectivity index (χ3n) is 5.14. The van der Waals surface area contributed by atoms with Crippen LogP contribution in [0.2, 0.25) is 0 Å². The van der Waals surface area contributed by atoms with Crippen molar-refractivity contribution in [1.82, 2.24) is 0 Å². The Morgan fingerprint density at radius 3 is 0.253 bits per heavy atom. The van der Waals surface area contributed by atoms with Gasteiger partial charge in [0, 0.05) is 0 Å². The molecule has 0 amide bonds. The van der Waals surface area contributed by atoms with Gasteiger partial charge in [-0.15, -0.1) is 0 Å². The quantitative estimate of drug-likeness (QED) is 0.0503. The molecule has 0 aliphatic carbocycles. The number of carboxylic acid groups (broad SMARTS) is 12. The van der Waals surface area contributed by atoms with Gasteiger partial charge >= 0.3 is 751 Å². The first-order chi connectivity index (χ1) is 23.1. The average Bonchev–Trinajstić information content (AvgIpc) is 2.85. The van der Waals surface area contributed by atoms with Crippen LogP contribution in [-0.2, 0) is 57.5 Å². The molecule has 0 aliphatic heterocycles. The molecule has 0 heterocycles. The molecule has 0 aromatic carbocycles. The first kappa shape index (κ1) is 180. The van der Waals surface area contributed by atoms with E-state index in [4.69, 9.17) is 81.7 Å². The molecule has 0 saturated carbocycles. The van der Waals surface area contributed by atoms with Crippen molar-refractivity contribution in [2.24, 2.45) is 0 Å². The van der Waals surface area contributed by atoms with E-state index < -0.39 is 145 Å². The van der Waals surface area contributed by atoms with E-state index in [1.54, 1.807) is 0 Å². The van der Waals surface area contributed by atoms with Crippen molar-refractivity contribution in [2.45, 2.75) is 73.8 Å². The van der Waals surface area contributed by atoms with Crippen molar-refractivity contribution in [2.75, 3.05) is 0 Å². The van der Waals surface area contributed by atoms with Gasteiger partial charge < -0.3 is 81.7 Å². The Hall–Kier alpha value is 16.5. The fraction of sp³-hybridized carbons (Fsp3) is 0.500. The summed E-state index contributed by atoms with van der Waals surface area (Å²) in [6, 6.07) is 0. The van der Waals surface area contributed by atoms with Gasteiger partial charge in [-0.05, 0) is 0 Å². The number of carbonyl (C=O) groups is 12. The van der Waals surface area contributed by atoms with Crippen LogP contribution < -0.4 is 0 Å². The van der Waals surface area contributed by atoms with Crippen molar-refractivity contribution in [3.8, 4) is 0 Å². The fourth-order valence-corrected chi connectivity index (χ4v) is 2.86. The molecular weight excluding hydrogens is 1270 g/mol. The second-order valence-corrected chi connectivity index (χ2v) is 9.91. The SMILES string of the molecule is O=C(O)CC(O)(CC(=O)O)C(=O)O.O=C(O)CC(O)(CC(=O)O)C(=O)O.O=C(O)CC(O)(CC(=O)O)C(=O)O.O=C(O)CC(O)(CC(=O)O)C(=O)O.[NaH].[NaH].[NaH].[NaH].[NaH].[NaH].[NaH].[NaH].[NaH].[NaH].[NaH].[NaH].[NaH].[NaH].[NaH].[NaH].[NaH].[NaH].[NaH].[NaH].[NaH].[NaH].[NaH]. The summed E-state index contributed by atoms with van der Waals surface area (Å²) in [5.74, 6) is -20.1. The Kier molecular flexibility index (Phi) is 244. The molecule has 75 heavy (non-hydrogen) atoms. The third kappa shape index (κ3) is 109. The minimum atomic E-state index is -2.74. The van der Waals surface area contributed by atoms with Crippen LogP contribution in [0.5, 0.6) is 0 Å². The van der Waals surface area contributed by atoms with E-state index in [-0.39, 0.29) is 680 Å². The van der Waals surface area contributed by atoms with Gasteiger partial charge in [0.05, 0.1) is 51.4 Å². The normalized spacial score (nSPS) is 7.52. The zero-order valence-electron chi connectivity index (χ0n) is 25.7. The molecule has 342 valence electrons. The molecule has 0 unspecified atom stereocenters. The van der Waals surface area contributed by atoms with E-state index in [1.807, 2.05) is 0 Å². The molecule has 0 atom stereocenters. The molecule has 51 heteroatoms. The summed E-state index contributed by atoms with van der Waals surface area (Å²) in [5, 5.41) is 135. The molecular formula is C24H55Na23O28. The predicted octanol–water partition coefficient (Wildman–Crippen LogP) is -19.9. The number of hydrogen-bond donors (Lipinski definition) is 16. The molecule has 0 aliphatic rings. The van der Waals surface area contributed by atoms with Gasteiger partial charge in [0.15, 0.2) is 22.4 Å². The van der Waals surface area contributed by atoms with E-state index in [1.165, 1.54) is 0 Å². The van der Waals surface area contributed by atoms with Crippen molar-refractivity contribution in [1.29, 1.82) is 0 Å². The Bertz CT molecular complexity index is 1180. The second kappa shape index (κ2) is 102. The van der Waals surface area contributed by atoms with Crippen LogP contribution in [-0.4, -0.2) is 856 Å². The van der Waals surface area contributed by atoms with Gasteiger partial charge in [-0.25, -0.2) is 19.2 Å². The minimum absolute atomic E-state index is 0. The van der Waals surface area contributed by atoms with Gasteiger partial charge in [0.25, 0.3) is 0 Å². The first-order valence-corrected chi connectivity index (χ1v) is 12.7. The summed E-state index contributed by atoms with van der Waals surface area (Å²) in [7, 11) is 0. The van der Waals surface area contributed by atoms with Crippen LogP contribution in [0.15, 0.2) is 0 Å². The van der Waals surface area contributed by atoms with Crippen molar-refractivity contribution < 1.29 is 139 Å². The van der Waals surface area contributed by atoms with Crippen LogP contribution in [0.3, 0.4) is 0 Å². The summed E-state index contributed by atoms with van der Waals surface area (Å²) >= 11 is 0. The molecule has 0 saturated heterocycles. The number of aliphatic hydroxyl groups is 4. The van der Waals surface area contributed by atoms with Crippen LogP contribution in [0.25, 0.3) is 0 Å². The Morgan fingerprint density at radius 2 is 0.227 bits per heavy atom. The summed E-state index contributed by atoms with van der Waals surface area (Å²) in [6.45, 7) is 0. The maximum atomic E-state index is 10.3. The van der Waals surface area contributed by atoms with Crippen LogP contribution in [0.4, 0.5) is 0 Å². The zero-order valence-corrected chi connectivity index (χ0v) is 25.7. The van der Waals surface area contributed by atoms with Crippen molar-refractivity contribution in [3.05, 3.63) is 0 Å². The zero-order chi connectivity index (χ0) is 42.6. The van der Waals surface area contributed by atoms with Gasteiger partial charge in [-0.3, -0.25) is 38.4 Å². The van der Waals surface area contributed by atoms with E-state index in [0.717, 1.165) is 0 Å². The molecule has 0 rings (SSSR count). The third-order valence-corrected chi connectivity index (χ3v) is 5.14. The Labute approximate surface area is 938 Å². The predicted molar refractivity (Wildman–Crippen MR) is 313 cm³/mol. The second-order valence-electron chi connectivity index (χ2n) is 9.91. The summed E-state index contributed by atoms with van der Waals surface area (Å²) in [4.78, 5) is 122. The molecule has 0 fully saturated rings. The Balaban J connectivity index is -0.0000000149. The number of hydrogen-bond acceptors (Lipinski definition) is 16. The molecule has 0 spiro atoms. The van der Waals surface area contributed by atoms with Gasteiger partial charge in [0.2, 0.25) is 0 Å². The van der Waals surface area contributed by atoms with E-state index in [0.29, 0.717) is 0 Å². The standard InChI is InChI=1S/4C6H8O7.23Na.23H/c4*7-3(8)1-6(13,5(11)12)2-4(9)10;;;;;;;;;;;;;;;;;;;;;;;;;;;;;;;;;;;;;;;;;;;;;;/h4*13H,1-2H2,(H,7,8)(H,9,10)(H,11,12);;;;;;;;;;;;;;;;;;;;;;;;;;;;;;;;;;;;;;;;;;;;;;. The Morgan fingerprint density at radius 1 is 0.173 bits per heavy atom. The summed E-state index contributed by atoms with van der Waals surface area (Å²) in [5.41, 5.74) is -11.0. The van der Waals surface area contributed by atoms with Crippen LogP contribution >= 0.6 is 0 Å². The van der Waals surface area contributed by atoms with E-state index >= 15 is 0 Å². The summed E-state index contributed by atoms with van der Waals surface area (Å²) < 4.78 is 0. The number of aliphatic carboxylic acids is 12. The van der Waals surface area contributed by atoms with Crippen LogP contribution in [0.1, 0.15) is 51.4 Å². The average molecular weight is 1320 g/mol. The number of carboxylic acids is 12. The maximum absolute atomic E-state index is 10.3. The molecule has 0 aromatic heterocycles. The molecule has 0 aromatic rings. The van der Waals surface area contributed by atoms with Crippen LogP contribution in [0, 0.1) is 0 Å². The monoisotopic (exact) mass is 1320 g/mol. The van der Waals surface area contributed by atoms with Gasteiger partial charge in [-0.1, -0.05) is 0 Å². The first-order valence-electron chi connectivity index (χ1n) is 12.7. The molecule has 16 N–H and O–H groups in total. The summed E-state index contributed by atoms with van der Waals surface area (Å²) in [6.07, 6.45) is -9.15.